The van der Waals surface area contributed by atoms with Crippen molar-refractivity contribution in [2.24, 2.45) is 11.7 Å². The fourth-order valence-corrected chi connectivity index (χ4v) is 2.68. The molecular formula is C21H27N3O4. The van der Waals surface area contributed by atoms with Crippen LogP contribution in [0.3, 0.4) is 0 Å². The highest BCUT2D eigenvalue weighted by atomic mass is 16.5. The van der Waals surface area contributed by atoms with Crippen molar-refractivity contribution in [3.63, 3.8) is 0 Å². The summed E-state index contributed by atoms with van der Waals surface area (Å²) in [6, 6.07) is 14.0. The molecule has 0 aliphatic rings. The lowest BCUT2D eigenvalue weighted by molar-refractivity contribution is -0.120. The Balaban J connectivity index is 1.91. The van der Waals surface area contributed by atoms with E-state index in [1.165, 1.54) is 0 Å². The lowest BCUT2D eigenvalue weighted by atomic mass is 10.1. The van der Waals surface area contributed by atoms with Gasteiger partial charge in [-0.05, 0) is 35.7 Å². The number of amides is 2. The number of hydrogen-bond acceptors (Lipinski definition) is 5. The van der Waals surface area contributed by atoms with Crippen molar-refractivity contribution in [2.75, 3.05) is 24.6 Å². The second kappa shape index (κ2) is 10.2. The van der Waals surface area contributed by atoms with Crippen LogP contribution in [0.5, 0.6) is 11.5 Å². The first-order valence-corrected chi connectivity index (χ1v) is 9.14. The molecule has 28 heavy (non-hydrogen) atoms. The minimum atomic E-state index is -0.533. The number of anilines is 1. The third-order valence-corrected chi connectivity index (χ3v) is 3.91. The second-order valence-electron chi connectivity index (χ2n) is 6.97. The van der Waals surface area contributed by atoms with Gasteiger partial charge < -0.3 is 25.8 Å². The van der Waals surface area contributed by atoms with Crippen molar-refractivity contribution in [3.05, 3.63) is 54.1 Å². The van der Waals surface area contributed by atoms with Crippen LogP contribution in [0.2, 0.25) is 0 Å². The number of phenols is 1. The quantitative estimate of drug-likeness (QED) is 0.580. The molecule has 2 aromatic rings. The number of ether oxygens (including phenoxy) is 1. The van der Waals surface area contributed by atoms with Gasteiger partial charge in [0.25, 0.3) is 5.91 Å². The molecule has 0 aliphatic carbocycles. The summed E-state index contributed by atoms with van der Waals surface area (Å²) in [5.74, 6) is 0.432. The molecule has 0 heterocycles. The molecule has 0 spiro atoms. The van der Waals surface area contributed by atoms with E-state index in [-0.39, 0.29) is 24.8 Å². The van der Waals surface area contributed by atoms with Gasteiger partial charge >= 0.3 is 0 Å². The fourth-order valence-electron chi connectivity index (χ4n) is 2.68. The summed E-state index contributed by atoms with van der Waals surface area (Å²) in [5, 5.41) is 12.6. The van der Waals surface area contributed by atoms with Gasteiger partial charge in [-0.1, -0.05) is 32.0 Å². The van der Waals surface area contributed by atoms with E-state index in [0.717, 1.165) is 11.3 Å². The molecule has 4 N–H and O–H groups in total. The average molecular weight is 385 g/mol. The number of aromatic hydroxyl groups is 1. The Hall–Kier alpha value is -3.22. The van der Waals surface area contributed by atoms with Gasteiger partial charge in [-0.15, -0.1) is 0 Å². The van der Waals surface area contributed by atoms with Crippen LogP contribution in [0, 0.1) is 5.92 Å². The largest absolute Gasteiger partial charge is 0.508 e. The summed E-state index contributed by atoms with van der Waals surface area (Å²) >= 11 is 0. The van der Waals surface area contributed by atoms with Crippen LogP contribution in [0.15, 0.2) is 48.5 Å². The van der Waals surface area contributed by atoms with Crippen molar-refractivity contribution in [1.29, 1.82) is 0 Å². The first-order valence-electron chi connectivity index (χ1n) is 9.14. The van der Waals surface area contributed by atoms with Crippen LogP contribution in [0.1, 0.15) is 19.4 Å². The zero-order valence-corrected chi connectivity index (χ0v) is 16.2. The monoisotopic (exact) mass is 385 g/mol. The van der Waals surface area contributed by atoms with Crippen LogP contribution in [-0.4, -0.2) is 36.6 Å². The van der Waals surface area contributed by atoms with Crippen LogP contribution in [0.4, 0.5) is 5.69 Å². The van der Waals surface area contributed by atoms with E-state index in [1.54, 1.807) is 30.3 Å². The lowest BCUT2D eigenvalue weighted by Crippen LogP contribution is -2.38. The predicted octanol–water partition coefficient (Wildman–Crippen LogP) is 2.04. The van der Waals surface area contributed by atoms with E-state index in [1.807, 2.05) is 23.1 Å². The standard InChI is InChI=1S/C21H27N3O4/c1-15(2)12-24(17-4-3-5-18(25)10-17)13-21(27)23-11-16-6-8-19(9-7-16)28-14-20(22)26/h3-10,15,25H,11-14H2,1-2H3,(H2,22,26)(H,23,27). The maximum absolute atomic E-state index is 12.4. The molecule has 2 amide bonds. The lowest BCUT2D eigenvalue weighted by Gasteiger charge is -2.26. The van der Waals surface area contributed by atoms with Gasteiger partial charge in [-0.3, -0.25) is 9.59 Å². The first-order chi connectivity index (χ1) is 13.3. The third kappa shape index (κ3) is 7.19. The Morgan fingerprint density at radius 3 is 2.50 bits per heavy atom. The van der Waals surface area contributed by atoms with E-state index in [2.05, 4.69) is 19.2 Å². The zero-order valence-electron chi connectivity index (χ0n) is 16.2. The van der Waals surface area contributed by atoms with Crippen molar-refractivity contribution in [2.45, 2.75) is 20.4 Å². The van der Waals surface area contributed by atoms with Crippen molar-refractivity contribution in [1.82, 2.24) is 5.32 Å². The number of hydrogen-bond donors (Lipinski definition) is 3. The van der Waals surface area contributed by atoms with E-state index in [4.69, 9.17) is 10.5 Å². The highest BCUT2D eigenvalue weighted by Gasteiger charge is 2.13. The number of rotatable bonds is 10. The molecule has 7 heteroatoms. The topological polar surface area (TPSA) is 105 Å². The Morgan fingerprint density at radius 1 is 1.18 bits per heavy atom. The number of carbonyl (C=O) groups excluding carboxylic acids is 2. The van der Waals surface area contributed by atoms with Gasteiger partial charge in [-0.2, -0.15) is 0 Å². The van der Waals surface area contributed by atoms with Gasteiger partial charge in [0, 0.05) is 24.8 Å². The zero-order chi connectivity index (χ0) is 20.5. The SMILES string of the molecule is CC(C)CN(CC(=O)NCc1ccc(OCC(N)=O)cc1)c1cccc(O)c1. The molecule has 0 radical (unpaired) electrons. The molecule has 0 atom stereocenters. The summed E-state index contributed by atoms with van der Waals surface area (Å²) < 4.78 is 5.21. The Bertz CT molecular complexity index is 790. The minimum absolute atomic E-state index is 0.113. The number of nitrogens with zero attached hydrogens (tertiary/aromatic N) is 1. The number of primary amides is 1. The molecule has 0 aliphatic heterocycles. The Morgan fingerprint density at radius 2 is 1.89 bits per heavy atom. The van der Waals surface area contributed by atoms with Gasteiger partial charge in [0.05, 0.1) is 6.54 Å². The van der Waals surface area contributed by atoms with Crippen molar-refractivity contribution < 1.29 is 19.4 Å². The van der Waals surface area contributed by atoms with Crippen LogP contribution >= 0.6 is 0 Å². The molecule has 2 rings (SSSR count). The van der Waals surface area contributed by atoms with E-state index >= 15 is 0 Å². The van der Waals surface area contributed by atoms with Crippen molar-refractivity contribution in [3.8, 4) is 11.5 Å². The number of nitrogens with one attached hydrogen (secondary N) is 1. The van der Waals surface area contributed by atoms with Crippen LogP contribution in [0.25, 0.3) is 0 Å². The van der Waals surface area contributed by atoms with Gasteiger partial charge in [0.15, 0.2) is 6.61 Å². The minimum Gasteiger partial charge on any atom is -0.508 e. The van der Waals surface area contributed by atoms with E-state index < -0.39 is 5.91 Å². The maximum atomic E-state index is 12.4. The molecular weight excluding hydrogens is 358 g/mol. The Kier molecular flexibility index (Phi) is 7.68. The summed E-state index contributed by atoms with van der Waals surface area (Å²) in [6.07, 6.45) is 0. The summed E-state index contributed by atoms with van der Waals surface area (Å²) in [5.41, 5.74) is 6.76. The number of carbonyl (C=O) groups is 2. The maximum Gasteiger partial charge on any atom is 0.255 e. The highest BCUT2D eigenvalue weighted by Crippen LogP contribution is 2.21. The predicted molar refractivity (Wildman–Crippen MR) is 108 cm³/mol. The van der Waals surface area contributed by atoms with Crippen LogP contribution < -0.4 is 20.7 Å². The smallest absolute Gasteiger partial charge is 0.255 e. The second-order valence-corrected chi connectivity index (χ2v) is 6.97. The average Bonchev–Trinajstić information content (AvgIpc) is 2.64. The van der Waals surface area contributed by atoms with E-state index in [0.29, 0.717) is 24.8 Å². The van der Waals surface area contributed by atoms with E-state index in [9.17, 15) is 14.7 Å². The normalized spacial score (nSPS) is 10.5. The molecule has 0 unspecified atom stereocenters. The summed E-state index contributed by atoms with van der Waals surface area (Å²) in [7, 11) is 0. The van der Waals surface area contributed by atoms with Crippen LogP contribution in [-0.2, 0) is 16.1 Å². The molecule has 2 aromatic carbocycles. The molecule has 0 saturated carbocycles. The number of benzene rings is 2. The number of nitrogens with two attached hydrogens (primary N) is 1. The third-order valence-electron chi connectivity index (χ3n) is 3.91. The molecule has 7 nitrogen and oxygen atoms in total. The fraction of sp³-hybridized carbons (Fsp3) is 0.333. The van der Waals surface area contributed by atoms with Gasteiger partial charge in [0.1, 0.15) is 11.5 Å². The Labute approximate surface area is 165 Å². The summed E-state index contributed by atoms with van der Waals surface area (Å²) in [6.45, 7) is 5.26. The molecule has 0 fully saturated rings. The van der Waals surface area contributed by atoms with Gasteiger partial charge in [0.2, 0.25) is 5.91 Å². The highest BCUT2D eigenvalue weighted by molar-refractivity contribution is 5.81. The molecule has 150 valence electrons. The molecule has 0 saturated heterocycles. The van der Waals surface area contributed by atoms with Gasteiger partial charge in [-0.25, -0.2) is 0 Å². The number of phenolic OH excluding ortho intramolecular Hbond substituents is 1. The molecule has 0 bridgehead atoms. The summed E-state index contributed by atoms with van der Waals surface area (Å²) in [4.78, 5) is 25.1. The molecule has 0 aromatic heterocycles. The first kappa shape index (κ1) is 21.1. The van der Waals surface area contributed by atoms with Crippen molar-refractivity contribution >= 4 is 17.5 Å².